The number of nitrogens with zero attached hydrogens (tertiary/aromatic N) is 1. The SMILES string of the molecule is CCCC(C)(CNCC)CN1CCCC(CCO)C1. The van der Waals surface area contributed by atoms with Crippen LogP contribution < -0.4 is 5.32 Å². The van der Waals surface area contributed by atoms with Gasteiger partial charge in [-0.25, -0.2) is 0 Å². The largest absolute Gasteiger partial charge is 0.396 e. The Hall–Kier alpha value is -0.120. The Morgan fingerprint density at radius 1 is 1.37 bits per heavy atom. The Labute approximate surface area is 119 Å². The molecule has 0 radical (unpaired) electrons. The van der Waals surface area contributed by atoms with E-state index in [2.05, 4.69) is 31.0 Å². The number of hydrogen-bond donors (Lipinski definition) is 2. The maximum Gasteiger partial charge on any atom is 0.0434 e. The molecular formula is C16H34N2O. The highest BCUT2D eigenvalue weighted by molar-refractivity contribution is 4.83. The lowest BCUT2D eigenvalue weighted by molar-refractivity contribution is 0.0942. The number of rotatable bonds is 9. The molecule has 0 bridgehead atoms. The van der Waals surface area contributed by atoms with Gasteiger partial charge in [-0.3, -0.25) is 0 Å². The predicted molar refractivity (Wildman–Crippen MR) is 82.4 cm³/mol. The van der Waals surface area contributed by atoms with Gasteiger partial charge in [0.05, 0.1) is 0 Å². The maximum absolute atomic E-state index is 9.11. The second-order valence-corrected chi connectivity index (χ2v) is 6.60. The average molecular weight is 270 g/mol. The highest BCUT2D eigenvalue weighted by Crippen LogP contribution is 2.27. The molecule has 2 N–H and O–H groups in total. The minimum atomic E-state index is 0.349. The van der Waals surface area contributed by atoms with Crippen LogP contribution in [0.25, 0.3) is 0 Å². The first-order chi connectivity index (χ1) is 9.13. The third-order valence-electron chi connectivity index (χ3n) is 4.40. The summed E-state index contributed by atoms with van der Waals surface area (Å²) in [5.74, 6) is 0.712. The van der Waals surface area contributed by atoms with Crippen molar-refractivity contribution >= 4 is 0 Å². The third-order valence-corrected chi connectivity index (χ3v) is 4.40. The van der Waals surface area contributed by atoms with E-state index >= 15 is 0 Å². The normalized spacial score (nSPS) is 24.3. The summed E-state index contributed by atoms with van der Waals surface area (Å²) in [5.41, 5.74) is 0.395. The molecule has 0 aromatic heterocycles. The molecule has 1 heterocycles. The number of piperidine rings is 1. The van der Waals surface area contributed by atoms with Gasteiger partial charge in [-0.15, -0.1) is 0 Å². The second-order valence-electron chi connectivity index (χ2n) is 6.60. The molecule has 1 aliphatic rings. The molecule has 1 aliphatic heterocycles. The monoisotopic (exact) mass is 270 g/mol. The Kier molecular flexibility index (Phi) is 7.96. The van der Waals surface area contributed by atoms with Gasteiger partial charge in [0.2, 0.25) is 0 Å². The molecule has 0 amide bonds. The van der Waals surface area contributed by atoms with Crippen LogP contribution in [0.5, 0.6) is 0 Å². The van der Waals surface area contributed by atoms with Crippen LogP contribution in [0.1, 0.15) is 52.9 Å². The molecule has 19 heavy (non-hydrogen) atoms. The molecule has 1 saturated heterocycles. The van der Waals surface area contributed by atoms with E-state index in [9.17, 15) is 0 Å². The highest BCUT2D eigenvalue weighted by Gasteiger charge is 2.28. The molecule has 0 aromatic rings. The van der Waals surface area contributed by atoms with Crippen LogP contribution >= 0.6 is 0 Å². The second kappa shape index (κ2) is 8.93. The van der Waals surface area contributed by atoms with Crippen LogP contribution in [0.15, 0.2) is 0 Å². The Morgan fingerprint density at radius 2 is 2.16 bits per heavy atom. The lowest BCUT2D eigenvalue weighted by atomic mass is 9.83. The van der Waals surface area contributed by atoms with E-state index in [0.717, 1.165) is 19.5 Å². The summed E-state index contributed by atoms with van der Waals surface area (Å²) in [7, 11) is 0. The minimum Gasteiger partial charge on any atom is -0.396 e. The zero-order valence-corrected chi connectivity index (χ0v) is 13.2. The molecule has 2 atom stereocenters. The smallest absolute Gasteiger partial charge is 0.0434 e. The molecule has 0 spiro atoms. The summed E-state index contributed by atoms with van der Waals surface area (Å²) >= 11 is 0. The van der Waals surface area contributed by atoms with Crippen LogP contribution in [0.2, 0.25) is 0 Å². The summed E-state index contributed by atoms with van der Waals surface area (Å²) in [6, 6.07) is 0. The van der Waals surface area contributed by atoms with Gasteiger partial charge in [0.1, 0.15) is 0 Å². The van der Waals surface area contributed by atoms with Gasteiger partial charge in [-0.1, -0.05) is 27.2 Å². The van der Waals surface area contributed by atoms with E-state index in [1.54, 1.807) is 0 Å². The van der Waals surface area contributed by atoms with Gasteiger partial charge in [-0.05, 0) is 50.1 Å². The van der Waals surface area contributed by atoms with Crippen molar-refractivity contribution < 1.29 is 5.11 Å². The first-order valence-electron chi connectivity index (χ1n) is 8.17. The van der Waals surface area contributed by atoms with E-state index < -0.39 is 0 Å². The van der Waals surface area contributed by atoms with E-state index in [-0.39, 0.29) is 0 Å². The summed E-state index contributed by atoms with van der Waals surface area (Å²) in [6.07, 6.45) is 6.13. The maximum atomic E-state index is 9.11. The standard InChI is InChI=1S/C16H34N2O/c1-4-9-16(3,13-17-5-2)14-18-10-6-7-15(12-18)8-11-19/h15,17,19H,4-14H2,1-3H3. The summed E-state index contributed by atoms with van der Waals surface area (Å²) in [4.78, 5) is 2.64. The summed E-state index contributed by atoms with van der Waals surface area (Å²) in [6.45, 7) is 13.1. The molecule has 2 unspecified atom stereocenters. The average Bonchev–Trinajstić information content (AvgIpc) is 2.37. The number of likely N-dealkylation sites (tertiary alicyclic amines) is 1. The fourth-order valence-electron chi connectivity index (χ4n) is 3.51. The summed E-state index contributed by atoms with van der Waals surface area (Å²) in [5, 5.41) is 12.6. The van der Waals surface area contributed by atoms with Crippen LogP contribution in [0, 0.1) is 11.3 Å². The Bertz CT molecular complexity index is 233. The Balaban J connectivity index is 2.47. The van der Waals surface area contributed by atoms with Crippen molar-refractivity contribution in [3.63, 3.8) is 0 Å². The molecule has 0 aromatic carbocycles. The first-order valence-corrected chi connectivity index (χ1v) is 8.17. The van der Waals surface area contributed by atoms with Crippen molar-refractivity contribution in [2.45, 2.75) is 52.9 Å². The molecule has 114 valence electrons. The topological polar surface area (TPSA) is 35.5 Å². The number of aliphatic hydroxyl groups excluding tert-OH is 1. The molecule has 1 rings (SSSR count). The molecule has 1 fully saturated rings. The van der Waals surface area contributed by atoms with Crippen molar-refractivity contribution in [3.05, 3.63) is 0 Å². The van der Waals surface area contributed by atoms with E-state index in [1.165, 1.54) is 45.3 Å². The zero-order chi connectivity index (χ0) is 14.1. The molecular weight excluding hydrogens is 236 g/mol. The van der Waals surface area contributed by atoms with Gasteiger partial charge in [0, 0.05) is 26.2 Å². The van der Waals surface area contributed by atoms with Crippen molar-refractivity contribution in [2.75, 3.05) is 39.3 Å². The fourth-order valence-corrected chi connectivity index (χ4v) is 3.51. The lowest BCUT2D eigenvalue weighted by Gasteiger charge is -2.40. The number of hydrogen-bond acceptors (Lipinski definition) is 3. The predicted octanol–water partition coefficient (Wildman–Crippen LogP) is 2.50. The molecule has 0 saturated carbocycles. The van der Waals surface area contributed by atoms with Crippen molar-refractivity contribution in [3.8, 4) is 0 Å². The fraction of sp³-hybridized carbons (Fsp3) is 1.00. The highest BCUT2D eigenvalue weighted by atomic mass is 16.3. The van der Waals surface area contributed by atoms with Crippen LogP contribution in [-0.4, -0.2) is 49.3 Å². The van der Waals surface area contributed by atoms with Crippen molar-refractivity contribution in [1.29, 1.82) is 0 Å². The quantitative estimate of drug-likeness (QED) is 0.676. The van der Waals surface area contributed by atoms with E-state index in [0.29, 0.717) is 17.9 Å². The van der Waals surface area contributed by atoms with Gasteiger partial charge in [0.25, 0.3) is 0 Å². The van der Waals surface area contributed by atoms with Crippen molar-refractivity contribution in [2.24, 2.45) is 11.3 Å². The van der Waals surface area contributed by atoms with Gasteiger partial charge in [0.15, 0.2) is 0 Å². The number of nitrogens with one attached hydrogen (secondary N) is 1. The molecule has 0 aliphatic carbocycles. The first kappa shape index (κ1) is 16.9. The Morgan fingerprint density at radius 3 is 2.79 bits per heavy atom. The minimum absolute atomic E-state index is 0.349. The molecule has 3 heteroatoms. The van der Waals surface area contributed by atoms with Crippen LogP contribution in [-0.2, 0) is 0 Å². The third kappa shape index (κ3) is 6.24. The zero-order valence-electron chi connectivity index (χ0n) is 13.2. The van der Waals surface area contributed by atoms with Gasteiger partial charge < -0.3 is 15.3 Å². The van der Waals surface area contributed by atoms with Crippen LogP contribution in [0.3, 0.4) is 0 Å². The lowest BCUT2D eigenvalue weighted by Crippen LogP contribution is -2.46. The van der Waals surface area contributed by atoms with Gasteiger partial charge >= 0.3 is 0 Å². The summed E-state index contributed by atoms with van der Waals surface area (Å²) < 4.78 is 0. The molecule has 3 nitrogen and oxygen atoms in total. The van der Waals surface area contributed by atoms with Crippen molar-refractivity contribution in [1.82, 2.24) is 10.2 Å². The number of aliphatic hydroxyl groups is 1. The van der Waals surface area contributed by atoms with E-state index in [4.69, 9.17) is 5.11 Å². The van der Waals surface area contributed by atoms with E-state index in [1.807, 2.05) is 0 Å². The van der Waals surface area contributed by atoms with Gasteiger partial charge in [-0.2, -0.15) is 0 Å². The van der Waals surface area contributed by atoms with Crippen LogP contribution in [0.4, 0.5) is 0 Å².